The number of carbonyl (C=O) groups is 2. The number of amides is 2. The zero-order valence-corrected chi connectivity index (χ0v) is 16.4. The summed E-state index contributed by atoms with van der Waals surface area (Å²) in [7, 11) is 0. The Balaban J connectivity index is 2.00. The van der Waals surface area contributed by atoms with Gasteiger partial charge in [0, 0.05) is 25.8 Å². The smallest absolute Gasteiger partial charge is 0.422 e. The largest absolute Gasteiger partial charge is 0.467 e. The van der Waals surface area contributed by atoms with Gasteiger partial charge >= 0.3 is 6.18 Å². The number of alkyl halides is 3. The predicted molar refractivity (Wildman–Crippen MR) is 97.3 cm³/mol. The van der Waals surface area contributed by atoms with E-state index in [4.69, 9.17) is 11.6 Å². The molecule has 0 unspecified atom stereocenters. The van der Waals surface area contributed by atoms with Gasteiger partial charge in [0.25, 0.3) is 5.91 Å². The number of nitrogens with one attached hydrogen (secondary N) is 1. The standard InChI is InChI=1S/C18H23ClF3N3O3/c1-11(2)7-23-15(26)12-4-3-5-25(9-12)17(27)13-6-14(19)16(24-8-13)28-10-18(20,21)22/h6,8,11-12H,3-5,7,9-10H2,1-2H3,(H,23,26)/t12-/m0/s1. The number of hydrogen-bond donors (Lipinski definition) is 1. The van der Waals surface area contributed by atoms with Crippen molar-refractivity contribution in [1.82, 2.24) is 15.2 Å². The molecule has 0 saturated carbocycles. The van der Waals surface area contributed by atoms with Crippen LogP contribution in [-0.2, 0) is 4.79 Å². The maximum absolute atomic E-state index is 12.7. The first kappa shape index (κ1) is 22.3. The fourth-order valence-electron chi connectivity index (χ4n) is 2.81. The number of piperidine rings is 1. The topological polar surface area (TPSA) is 71.5 Å². The highest BCUT2D eigenvalue weighted by Gasteiger charge is 2.31. The minimum atomic E-state index is -4.52. The molecule has 10 heteroatoms. The van der Waals surface area contributed by atoms with Crippen LogP contribution in [0.15, 0.2) is 12.3 Å². The number of halogens is 4. The average Bonchev–Trinajstić information content (AvgIpc) is 2.63. The van der Waals surface area contributed by atoms with Crippen molar-refractivity contribution in [3.8, 4) is 5.88 Å². The highest BCUT2D eigenvalue weighted by atomic mass is 35.5. The number of nitrogens with zero attached hydrogens (tertiary/aromatic N) is 2. The van der Waals surface area contributed by atoms with E-state index < -0.39 is 12.8 Å². The van der Waals surface area contributed by atoms with Gasteiger partial charge in [0.2, 0.25) is 11.8 Å². The molecule has 1 saturated heterocycles. The number of hydrogen-bond acceptors (Lipinski definition) is 4. The Hall–Kier alpha value is -2.03. The third-order valence-corrected chi connectivity index (χ3v) is 4.46. The molecule has 1 aliphatic heterocycles. The lowest BCUT2D eigenvalue weighted by Crippen LogP contribution is -2.46. The molecule has 0 bridgehead atoms. The molecule has 0 aromatic carbocycles. The molecular weight excluding hydrogens is 399 g/mol. The third kappa shape index (κ3) is 6.54. The second kappa shape index (κ2) is 9.45. The number of pyridine rings is 1. The first-order chi connectivity index (χ1) is 13.1. The van der Waals surface area contributed by atoms with E-state index in [1.807, 2.05) is 13.8 Å². The van der Waals surface area contributed by atoms with E-state index in [9.17, 15) is 22.8 Å². The zero-order valence-electron chi connectivity index (χ0n) is 15.7. The molecule has 1 N–H and O–H groups in total. The molecule has 28 heavy (non-hydrogen) atoms. The third-order valence-electron chi connectivity index (χ3n) is 4.19. The molecule has 2 heterocycles. The van der Waals surface area contributed by atoms with E-state index in [1.54, 1.807) is 0 Å². The van der Waals surface area contributed by atoms with Crippen molar-refractivity contribution < 1.29 is 27.5 Å². The first-order valence-corrected chi connectivity index (χ1v) is 9.36. The van der Waals surface area contributed by atoms with Gasteiger partial charge in [0.05, 0.1) is 11.5 Å². The van der Waals surface area contributed by atoms with Crippen molar-refractivity contribution in [3.05, 3.63) is 22.8 Å². The Morgan fingerprint density at radius 2 is 2.14 bits per heavy atom. The van der Waals surface area contributed by atoms with E-state index in [1.165, 1.54) is 11.0 Å². The summed E-state index contributed by atoms with van der Waals surface area (Å²) in [6.45, 7) is 3.80. The van der Waals surface area contributed by atoms with Gasteiger partial charge in [0.1, 0.15) is 5.02 Å². The minimum absolute atomic E-state index is 0.0849. The molecule has 0 radical (unpaired) electrons. The van der Waals surface area contributed by atoms with Crippen LogP contribution in [-0.4, -0.2) is 54.1 Å². The minimum Gasteiger partial charge on any atom is -0.467 e. The lowest BCUT2D eigenvalue weighted by atomic mass is 9.96. The summed E-state index contributed by atoms with van der Waals surface area (Å²) in [6, 6.07) is 1.23. The van der Waals surface area contributed by atoms with Crippen LogP contribution in [0.5, 0.6) is 5.88 Å². The normalized spacial score (nSPS) is 17.5. The average molecular weight is 422 g/mol. The van der Waals surface area contributed by atoms with Gasteiger partial charge < -0.3 is 15.0 Å². The second-order valence-electron chi connectivity index (χ2n) is 7.14. The van der Waals surface area contributed by atoms with E-state index in [0.29, 0.717) is 31.8 Å². The van der Waals surface area contributed by atoms with Crippen LogP contribution in [0.4, 0.5) is 13.2 Å². The fraction of sp³-hybridized carbons (Fsp3) is 0.611. The predicted octanol–water partition coefficient (Wildman–Crippen LogP) is 3.30. The highest BCUT2D eigenvalue weighted by Crippen LogP contribution is 2.26. The molecule has 1 fully saturated rings. The maximum atomic E-state index is 12.7. The van der Waals surface area contributed by atoms with Crippen LogP contribution in [0.3, 0.4) is 0 Å². The molecule has 0 aliphatic carbocycles. The summed E-state index contributed by atoms with van der Waals surface area (Å²) < 4.78 is 41.2. The molecule has 2 rings (SSSR count). The number of ether oxygens (including phenoxy) is 1. The van der Waals surface area contributed by atoms with Crippen molar-refractivity contribution in [1.29, 1.82) is 0 Å². The molecule has 6 nitrogen and oxygen atoms in total. The van der Waals surface area contributed by atoms with Gasteiger partial charge in [-0.3, -0.25) is 9.59 Å². The van der Waals surface area contributed by atoms with E-state index in [-0.39, 0.29) is 40.7 Å². The maximum Gasteiger partial charge on any atom is 0.422 e. The molecule has 1 atom stereocenters. The van der Waals surface area contributed by atoms with E-state index in [0.717, 1.165) is 6.20 Å². The second-order valence-corrected chi connectivity index (χ2v) is 7.55. The van der Waals surface area contributed by atoms with Crippen LogP contribution in [0.25, 0.3) is 0 Å². The Bertz CT molecular complexity index is 713. The summed E-state index contributed by atoms with van der Waals surface area (Å²) >= 11 is 5.90. The molecule has 156 valence electrons. The van der Waals surface area contributed by atoms with Crippen molar-refractivity contribution in [2.75, 3.05) is 26.2 Å². The Kier molecular flexibility index (Phi) is 7.51. The molecule has 1 aromatic rings. The molecule has 0 spiro atoms. The van der Waals surface area contributed by atoms with Crippen molar-refractivity contribution >= 4 is 23.4 Å². The number of rotatable bonds is 6. The molecular formula is C18H23ClF3N3O3. The summed E-state index contributed by atoms with van der Waals surface area (Å²) in [6.07, 6.45) is -2.02. The Morgan fingerprint density at radius 3 is 2.75 bits per heavy atom. The summed E-state index contributed by atoms with van der Waals surface area (Å²) in [5.74, 6) is -0.817. The van der Waals surface area contributed by atoms with Gasteiger partial charge in [0.15, 0.2) is 6.61 Å². The van der Waals surface area contributed by atoms with Gasteiger partial charge in [-0.1, -0.05) is 25.4 Å². The van der Waals surface area contributed by atoms with Crippen LogP contribution in [0.1, 0.15) is 37.0 Å². The summed E-state index contributed by atoms with van der Waals surface area (Å²) in [5.41, 5.74) is 0.132. The molecule has 2 amide bonds. The van der Waals surface area contributed by atoms with Gasteiger partial charge in [-0.25, -0.2) is 4.98 Å². The van der Waals surface area contributed by atoms with Crippen LogP contribution in [0.2, 0.25) is 5.02 Å². The summed E-state index contributed by atoms with van der Waals surface area (Å²) in [4.78, 5) is 30.2. The van der Waals surface area contributed by atoms with Crippen molar-refractivity contribution in [2.24, 2.45) is 11.8 Å². The van der Waals surface area contributed by atoms with Crippen LogP contribution >= 0.6 is 11.6 Å². The summed E-state index contributed by atoms with van der Waals surface area (Å²) in [5, 5.41) is 2.69. The first-order valence-electron chi connectivity index (χ1n) is 8.99. The SMILES string of the molecule is CC(C)CNC(=O)[C@H]1CCCN(C(=O)c2cnc(OCC(F)(F)F)c(Cl)c2)C1. The molecule has 1 aromatic heterocycles. The lowest BCUT2D eigenvalue weighted by molar-refractivity contribution is -0.154. The Labute approximate surface area is 166 Å². The fourth-order valence-corrected chi connectivity index (χ4v) is 3.03. The lowest BCUT2D eigenvalue weighted by Gasteiger charge is -2.32. The molecule has 1 aliphatic rings. The van der Waals surface area contributed by atoms with Crippen molar-refractivity contribution in [3.63, 3.8) is 0 Å². The number of aromatic nitrogens is 1. The van der Waals surface area contributed by atoms with E-state index in [2.05, 4.69) is 15.0 Å². The van der Waals surface area contributed by atoms with E-state index >= 15 is 0 Å². The number of likely N-dealkylation sites (tertiary alicyclic amines) is 1. The van der Waals surface area contributed by atoms with Gasteiger partial charge in [-0.15, -0.1) is 0 Å². The number of carbonyl (C=O) groups excluding carboxylic acids is 2. The van der Waals surface area contributed by atoms with Crippen LogP contribution < -0.4 is 10.1 Å². The van der Waals surface area contributed by atoms with Gasteiger partial charge in [-0.05, 0) is 24.8 Å². The zero-order chi connectivity index (χ0) is 20.9. The quantitative estimate of drug-likeness (QED) is 0.765. The Morgan fingerprint density at radius 1 is 1.43 bits per heavy atom. The monoisotopic (exact) mass is 421 g/mol. The van der Waals surface area contributed by atoms with Crippen LogP contribution in [0, 0.1) is 11.8 Å². The highest BCUT2D eigenvalue weighted by molar-refractivity contribution is 6.32. The van der Waals surface area contributed by atoms with Gasteiger partial charge in [-0.2, -0.15) is 13.2 Å². The van der Waals surface area contributed by atoms with Crippen molar-refractivity contribution in [2.45, 2.75) is 32.9 Å².